The number of benzene rings is 2. The van der Waals surface area contributed by atoms with Crippen LogP contribution < -0.4 is 0 Å². The van der Waals surface area contributed by atoms with Crippen LogP contribution in [-0.2, 0) is 19.2 Å². The van der Waals surface area contributed by atoms with Crippen molar-refractivity contribution >= 4 is 23.8 Å². The van der Waals surface area contributed by atoms with Crippen LogP contribution in [0.4, 0.5) is 0 Å². The van der Waals surface area contributed by atoms with E-state index in [2.05, 4.69) is 24.3 Å². The van der Waals surface area contributed by atoms with E-state index in [9.17, 15) is 29.4 Å². The molecule has 6 atom stereocenters. The first-order valence-electron chi connectivity index (χ1n) is 15.5. The molecule has 0 bridgehead atoms. The van der Waals surface area contributed by atoms with Crippen LogP contribution in [-0.4, -0.2) is 67.9 Å². The van der Waals surface area contributed by atoms with Crippen LogP contribution in [0.3, 0.4) is 0 Å². The predicted molar refractivity (Wildman–Crippen MR) is 156 cm³/mol. The predicted octanol–water partition coefficient (Wildman–Crippen LogP) is 5.05. The van der Waals surface area contributed by atoms with Crippen LogP contribution >= 0.6 is 0 Å². The maximum atomic E-state index is 13.1. The summed E-state index contributed by atoms with van der Waals surface area (Å²) in [5.41, 5.74) is 0.568. The number of carbonyl (C=O) groups is 4. The first kappa shape index (κ1) is 28.4. The van der Waals surface area contributed by atoms with Gasteiger partial charge in [-0.3, -0.25) is 19.2 Å². The van der Waals surface area contributed by atoms with Crippen LogP contribution in [0.2, 0.25) is 0 Å². The van der Waals surface area contributed by atoms with Gasteiger partial charge < -0.3 is 20.0 Å². The smallest absolute Gasteiger partial charge is 0.309 e. The molecule has 2 aliphatic heterocycles. The zero-order valence-corrected chi connectivity index (χ0v) is 24.0. The van der Waals surface area contributed by atoms with Gasteiger partial charge in [-0.15, -0.1) is 0 Å². The van der Waals surface area contributed by atoms with Crippen molar-refractivity contribution in [1.82, 2.24) is 9.80 Å². The van der Waals surface area contributed by atoms with Crippen molar-refractivity contribution in [2.45, 2.75) is 87.1 Å². The number of hydrogen-bond acceptors (Lipinski definition) is 4. The second-order valence-corrected chi connectivity index (χ2v) is 12.7. The second-order valence-electron chi connectivity index (χ2n) is 12.7. The summed E-state index contributed by atoms with van der Waals surface area (Å²) >= 11 is 0. The van der Waals surface area contributed by atoms with Gasteiger partial charge in [0, 0.05) is 13.1 Å². The monoisotopic (exact) mass is 572 g/mol. The molecule has 2 amide bonds. The number of carboxylic acid groups (broad SMARTS) is 2. The standard InChI is InChI=1S/C34H40N2O6/c37-29(38)27-17-15-25(23-11-5-3-6-12-23)21-33(27)31(41)35(33)19-9-1-2-10-20-36-32(42)34(36)22-26(16-18-28(34)30(39)40)24-13-7-4-8-14-24/h3-8,11-14,25-28H,1-2,9-10,15-22H2,(H,37,38)(H,39,40). The highest BCUT2D eigenvalue weighted by atomic mass is 16.4. The van der Waals surface area contributed by atoms with Gasteiger partial charge >= 0.3 is 11.9 Å². The van der Waals surface area contributed by atoms with Crippen LogP contribution in [0.15, 0.2) is 60.7 Å². The molecule has 6 rings (SSSR count). The highest BCUT2D eigenvalue weighted by molar-refractivity contribution is 6.06. The lowest BCUT2D eigenvalue weighted by Gasteiger charge is -2.33. The quantitative estimate of drug-likeness (QED) is 0.288. The fourth-order valence-electron chi connectivity index (χ4n) is 8.34. The molecule has 2 heterocycles. The molecule has 4 aliphatic rings. The number of rotatable bonds is 11. The van der Waals surface area contributed by atoms with Crippen molar-refractivity contribution in [1.29, 1.82) is 0 Å². The summed E-state index contributed by atoms with van der Waals surface area (Å²) < 4.78 is 0. The summed E-state index contributed by atoms with van der Waals surface area (Å²) in [4.78, 5) is 54.0. The molecule has 222 valence electrons. The summed E-state index contributed by atoms with van der Waals surface area (Å²) in [7, 11) is 0. The Morgan fingerprint density at radius 2 is 1.00 bits per heavy atom. The van der Waals surface area contributed by atoms with Crippen molar-refractivity contribution in [3.05, 3.63) is 71.8 Å². The van der Waals surface area contributed by atoms with E-state index in [0.717, 1.165) is 38.5 Å². The lowest BCUT2D eigenvalue weighted by molar-refractivity contribution is -0.146. The molecule has 8 nitrogen and oxygen atoms in total. The number of hydrogen-bond donors (Lipinski definition) is 2. The van der Waals surface area contributed by atoms with E-state index in [4.69, 9.17) is 0 Å². The number of amides is 2. The lowest BCUT2D eigenvalue weighted by atomic mass is 9.71. The molecule has 4 fully saturated rings. The Hall–Kier alpha value is -3.68. The Morgan fingerprint density at radius 3 is 1.36 bits per heavy atom. The van der Waals surface area contributed by atoms with E-state index < -0.39 is 34.9 Å². The Morgan fingerprint density at radius 1 is 0.619 bits per heavy atom. The number of nitrogens with zero attached hydrogens (tertiary/aromatic N) is 2. The van der Waals surface area contributed by atoms with Gasteiger partial charge in [0.25, 0.3) is 0 Å². The van der Waals surface area contributed by atoms with Gasteiger partial charge in [-0.2, -0.15) is 0 Å². The van der Waals surface area contributed by atoms with Gasteiger partial charge in [-0.1, -0.05) is 73.5 Å². The summed E-state index contributed by atoms with van der Waals surface area (Å²) in [6.07, 6.45) is 6.96. The molecular formula is C34H40N2O6. The number of unbranched alkanes of at least 4 members (excludes halogenated alkanes) is 3. The van der Waals surface area contributed by atoms with Crippen molar-refractivity contribution in [2.75, 3.05) is 13.1 Å². The van der Waals surface area contributed by atoms with E-state index in [0.29, 0.717) is 38.8 Å². The molecule has 2 saturated heterocycles. The molecule has 6 unspecified atom stereocenters. The van der Waals surface area contributed by atoms with E-state index >= 15 is 0 Å². The molecule has 2 spiro atoms. The summed E-state index contributed by atoms with van der Waals surface area (Å²) in [6, 6.07) is 20.1. The molecule has 8 heteroatoms. The number of carbonyl (C=O) groups excluding carboxylic acids is 2. The zero-order chi connectivity index (χ0) is 29.5. The molecule has 2 N–H and O–H groups in total. The first-order valence-corrected chi connectivity index (χ1v) is 15.5. The summed E-state index contributed by atoms with van der Waals surface area (Å²) in [5.74, 6) is -2.78. The Labute approximate surface area is 246 Å². The molecule has 2 saturated carbocycles. The fourth-order valence-corrected chi connectivity index (χ4v) is 8.34. The largest absolute Gasteiger partial charge is 0.481 e. The first-order chi connectivity index (χ1) is 20.3. The van der Waals surface area contributed by atoms with Crippen LogP contribution in [0.5, 0.6) is 0 Å². The molecule has 42 heavy (non-hydrogen) atoms. The van der Waals surface area contributed by atoms with Crippen LogP contribution in [0, 0.1) is 11.8 Å². The Kier molecular flexibility index (Phi) is 7.58. The van der Waals surface area contributed by atoms with Gasteiger partial charge in [0.05, 0.1) is 11.8 Å². The van der Waals surface area contributed by atoms with Crippen LogP contribution in [0.25, 0.3) is 0 Å². The average Bonchev–Trinajstić information content (AvgIpc) is 3.77. The molecule has 2 aromatic carbocycles. The number of aliphatic carboxylic acids is 2. The van der Waals surface area contributed by atoms with Crippen molar-refractivity contribution < 1.29 is 29.4 Å². The van der Waals surface area contributed by atoms with Crippen LogP contribution in [0.1, 0.15) is 87.2 Å². The van der Waals surface area contributed by atoms with Crippen molar-refractivity contribution in [3.63, 3.8) is 0 Å². The highest BCUT2D eigenvalue weighted by Gasteiger charge is 2.71. The normalized spacial score (nSPS) is 31.9. The van der Waals surface area contributed by atoms with Gasteiger partial charge in [-0.05, 0) is 74.3 Å². The van der Waals surface area contributed by atoms with E-state index in [1.54, 1.807) is 9.80 Å². The highest BCUT2D eigenvalue weighted by Crippen LogP contribution is 2.55. The third-order valence-corrected chi connectivity index (χ3v) is 10.6. The van der Waals surface area contributed by atoms with Crippen molar-refractivity contribution in [3.8, 4) is 0 Å². The fraction of sp³-hybridized carbons (Fsp3) is 0.529. The van der Waals surface area contributed by atoms with Gasteiger partial charge in [0.2, 0.25) is 11.8 Å². The van der Waals surface area contributed by atoms with Gasteiger partial charge in [-0.25, -0.2) is 0 Å². The van der Waals surface area contributed by atoms with Gasteiger partial charge in [0.15, 0.2) is 0 Å². The third-order valence-electron chi connectivity index (χ3n) is 10.6. The zero-order valence-electron chi connectivity index (χ0n) is 24.0. The Balaban J connectivity index is 1.00. The van der Waals surface area contributed by atoms with Gasteiger partial charge in [0.1, 0.15) is 11.1 Å². The second kappa shape index (κ2) is 11.2. The molecule has 2 aliphatic carbocycles. The minimum absolute atomic E-state index is 0.0304. The van der Waals surface area contributed by atoms with E-state index in [1.165, 1.54) is 11.1 Å². The molecular weight excluding hydrogens is 532 g/mol. The maximum absolute atomic E-state index is 13.1. The topological polar surface area (TPSA) is 115 Å². The summed E-state index contributed by atoms with van der Waals surface area (Å²) in [5, 5.41) is 19.8. The van der Waals surface area contributed by atoms with E-state index in [-0.39, 0.29) is 23.7 Å². The third kappa shape index (κ3) is 4.78. The molecule has 0 radical (unpaired) electrons. The average molecular weight is 573 g/mol. The minimum Gasteiger partial charge on any atom is -0.481 e. The molecule has 2 aromatic rings. The minimum atomic E-state index is -0.884. The van der Waals surface area contributed by atoms with E-state index in [1.807, 2.05) is 36.4 Å². The lowest BCUT2D eigenvalue weighted by Crippen LogP contribution is -2.41. The Bertz CT molecular complexity index is 1240. The molecule has 0 aromatic heterocycles. The summed E-state index contributed by atoms with van der Waals surface area (Å²) in [6.45, 7) is 1.10. The van der Waals surface area contributed by atoms with Crippen molar-refractivity contribution in [2.24, 2.45) is 11.8 Å². The maximum Gasteiger partial charge on any atom is 0.309 e. The SMILES string of the molecule is O=C(O)C1CCC(c2ccccc2)CC12C(=O)N2CCCCCCN1C(=O)C12CC(c1ccccc1)CCC2C(=O)O. The number of carboxylic acids is 2.